The van der Waals surface area contributed by atoms with E-state index in [9.17, 15) is 4.79 Å². The molecule has 1 heterocycles. The molecule has 178 valence electrons. The third kappa shape index (κ3) is 4.80. The van der Waals surface area contributed by atoms with E-state index in [-0.39, 0.29) is 18.0 Å². The Morgan fingerprint density at radius 2 is 1.65 bits per heavy atom. The minimum Gasteiger partial charge on any atom is -0.493 e. The van der Waals surface area contributed by atoms with E-state index >= 15 is 0 Å². The third-order valence-electron chi connectivity index (χ3n) is 6.88. The van der Waals surface area contributed by atoms with Crippen molar-refractivity contribution in [3.8, 4) is 11.5 Å². The van der Waals surface area contributed by atoms with Crippen molar-refractivity contribution in [1.29, 1.82) is 0 Å². The molecule has 0 aliphatic carbocycles. The number of carbonyl (C=O) groups is 1. The number of hydrogen-bond donors (Lipinski definition) is 1. The largest absolute Gasteiger partial charge is 0.493 e. The number of methoxy groups -OCH3 is 2. The van der Waals surface area contributed by atoms with E-state index in [1.165, 1.54) is 22.3 Å². The number of aryl methyl sites for hydroxylation is 2. The van der Waals surface area contributed by atoms with Gasteiger partial charge in [-0.15, -0.1) is 0 Å². The van der Waals surface area contributed by atoms with Crippen LogP contribution in [0.3, 0.4) is 0 Å². The highest BCUT2D eigenvalue weighted by Crippen LogP contribution is 2.40. The molecular formula is C29H34N2O3. The predicted molar refractivity (Wildman–Crippen MR) is 136 cm³/mol. The van der Waals surface area contributed by atoms with Crippen LogP contribution in [0.1, 0.15) is 51.1 Å². The molecule has 1 N–H and O–H groups in total. The summed E-state index contributed by atoms with van der Waals surface area (Å²) >= 11 is 0. The minimum atomic E-state index is -0.117. The number of ether oxygens (including phenoxy) is 2. The fourth-order valence-electron chi connectivity index (χ4n) is 4.99. The zero-order valence-corrected chi connectivity index (χ0v) is 20.7. The van der Waals surface area contributed by atoms with Crippen molar-refractivity contribution in [2.45, 2.75) is 45.8 Å². The van der Waals surface area contributed by atoms with E-state index in [1.807, 2.05) is 31.2 Å². The summed E-state index contributed by atoms with van der Waals surface area (Å²) in [5.41, 5.74) is 6.67. The molecule has 2 unspecified atom stereocenters. The molecule has 0 saturated heterocycles. The lowest BCUT2D eigenvalue weighted by Gasteiger charge is -2.41. The minimum absolute atomic E-state index is 0.00358. The summed E-state index contributed by atoms with van der Waals surface area (Å²) < 4.78 is 11.2. The van der Waals surface area contributed by atoms with Crippen LogP contribution in [0.5, 0.6) is 11.5 Å². The van der Waals surface area contributed by atoms with Crippen molar-refractivity contribution in [3.05, 3.63) is 94.0 Å². The molecule has 1 amide bonds. The van der Waals surface area contributed by atoms with E-state index in [1.54, 1.807) is 14.2 Å². The van der Waals surface area contributed by atoms with Gasteiger partial charge in [0, 0.05) is 24.7 Å². The summed E-state index contributed by atoms with van der Waals surface area (Å²) in [6.45, 7) is 7.93. The number of nitrogens with zero attached hydrogens (tertiary/aromatic N) is 1. The van der Waals surface area contributed by atoms with Gasteiger partial charge in [-0.3, -0.25) is 9.69 Å². The molecule has 1 aliphatic heterocycles. The first-order chi connectivity index (χ1) is 16.4. The van der Waals surface area contributed by atoms with E-state index in [4.69, 9.17) is 9.47 Å². The first-order valence-corrected chi connectivity index (χ1v) is 11.8. The second-order valence-electron chi connectivity index (χ2n) is 9.07. The Labute approximate surface area is 202 Å². The molecule has 0 radical (unpaired) electrons. The third-order valence-corrected chi connectivity index (χ3v) is 6.88. The Bertz CT molecular complexity index is 1170. The zero-order valence-electron chi connectivity index (χ0n) is 20.7. The van der Waals surface area contributed by atoms with Crippen LogP contribution in [0.25, 0.3) is 0 Å². The Morgan fingerprint density at radius 1 is 1.00 bits per heavy atom. The zero-order chi connectivity index (χ0) is 24.2. The second-order valence-corrected chi connectivity index (χ2v) is 9.07. The molecule has 2 atom stereocenters. The van der Waals surface area contributed by atoms with Crippen molar-refractivity contribution >= 4 is 5.91 Å². The summed E-state index contributed by atoms with van der Waals surface area (Å²) in [7, 11) is 3.33. The number of fused-ring (bicyclic) bond motifs is 1. The normalized spacial score (nSPS) is 16.4. The molecule has 0 bridgehead atoms. The summed E-state index contributed by atoms with van der Waals surface area (Å²) in [6, 6.07) is 20.3. The van der Waals surface area contributed by atoms with Crippen molar-refractivity contribution in [1.82, 2.24) is 10.2 Å². The molecular weight excluding hydrogens is 424 g/mol. The molecule has 0 fully saturated rings. The average molecular weight is 459 g/mol. The lowest BCUT2D eigenvalue weighted by atomic mass is 9.87. The standard InChI is InChI=1S/C29H34N2O3/c1-19-10-6-8-12-23(19)18-31-15-14-22-16-26(33-4)27(34-5)17-25(22)28(31)21(3)30-29(32)24-13-9-7-11-20(24)2/h6-13,16-17,21,28H,14-15,18H2,1-5H3,(H,30,32). The van der Waals surface area contributed by atoms with Crippen LogP contribution in [-0.4, -0.2) is 37.6 Å². The molecule has 5 heteroatoms. The van der Waals surface area contributed by atoms with Gasteiger partial charge in [0.15, 0.2) is 11.5 Å². The predicted octanol–water partition coefficient (Wildman–Crippen LogP) is 5.24. The topological polar surface area (TPSA) is 50.8 Å². The van der Waals surface area contributed by atoms with Gasteiger partial charge in [0.1, 0.15) is 0 Å². The van der Waals surface area contributed by atoms with E-state index in [2.05, 4.69) is 60.5 Å². The van der Waals surface area contributed by atoms with Crippen LogP contribution in [0.4, 0.5) is 0 Å². The van der Waals surface area contributed by atoms with Crippen LogP contribution in [0.15, 0.2) is 60.7 Å². The van der Waals surface area contributed by atoms with Crippen LogP contribution in [0, 0.1) is 13.8 Å². The van der Waals surface area contributed by atoms with Gasteiger partial charge in [0.25, 0.3) is 5.91 Å². The van der Waals surface area contributed by atoms with E-state index in [0.29, 0.717) is 11.3 Å². The number of nitrogens with one attached hydrogen (secondary N) is 1. The molecule has 0 aromatic heterocycles. The summed E-state index contributed by atoms with van der Waals surface area (Å²) in [6.07, 6.45) is 0.913. The molecule has 0 saturated carbocycles. The van der Waals surface area contributed by atoms with Crippen LogP contribution >= 0.6 is 0 Å². The van der Waals surface area contributed by atoms with Gasteiger partial charge in [-0.1, -0.05) is 42.5 Å². The maximum atomic E-state index is 13.2. The lowest BCUT2D eigenvalue weighted by Crippen LogP contribution is -2.47. The van der Waals surface area contributed by atoms with Gasteiger partial charge >= 0.3 is 0 Å². The van der Waals surface area contributed by atoms with Crippen molar-refractivity contribution < 1.29 is 14.3 Å². The number of carbonyl (C=O) groups excluding carboxylic acids is 1. The second kappa shape index (κ2) is 10.3. The maximum Gasteiger partial charge on any atom is 0.251 e. The maximum absolute atomic E-state index is 13.2. The van der Waals surface area contributed by atoms with Gasteiger partial charge in [-0.05, 0) is 73.2 Å². The highest BCUT2D eigenvalue weighted by Gasteiger charge is 2.34. The number of amides is 1. The Kier molecular flexibility index (Phi) is 7.23. The quantitative estimate of drug-likeness (QED) is 0.526. The molecule has 0 spiro atoms. The molecule has 4 rings (SSSR count). The van der Waals surface area contributed by atoms with Gasteiger partial charge in [0.2, 0.25) is 0 Å². The monoisotopic (exact) mass is 458 g/mol. The van der Waals surface area contributed by atoms with Crippen molar-refractivity contribution in [3.63, 3.8) is 0 Å². The highest BCUT2D eigenvalue weighted by atomic mass is 16.5. The Balaban J connectivity index is 1.71. The highest BCUT2D eigenvalue weighted by molar-refractivity contribution is 5.95. The van der Waals surface area contributed by atoms with Gasteiger partial charge in [-0.25, -0.2) is 0 Å². The van der Waals surface area contributed by atoms with Crippen LogP contribution < -0.4 is 14.8 Å². The van der Waals surface area contributed by atoms with Gasteiger partial charge in [0.05, 0.1) is 20.3 Å². The fourth-order valence-corrected chi connectivity index (χ4v) is 4.99. The summed E-state index contributed by atoms with van der Waals surface area (Å²) in [5.74, 6) is 1.40. The van der Waals surface area contributed by atoms with Crippen LogP contribution in [-0.2, 0) is 13.0 Å². The van der Waals surface area contributed by atoms with E-state index in [0.717, 1.165) is 30.8 Å². The molecule has 3 aromatic carbocycles. The number of benzene rings is 3. The summed E-state index contributed by atoms with van der Waals surface area (Å²) in [5, 5.41) is 3.29. The van der Waals surface area contributed by atoms with Gasteiger partial charge < -0.3 is 14.8 Å². The van der Waals surface area contributed by atoms with Crippen molar-refractivity contribution in [2.75, 3.05) is 20.8 Å². The molecule has 1 aliphatic rings. The average Bonchev–Trinajstić information content (AvgIpc) is 2.84. The van der Waals surface area contributed by atoms with Crippen LogP contribution in [0.2, 0.25) is 0 Å². The lowest BCUT2D eigenvalue weighted by molar-refractivity contribution is 0.0876. The molecule has 5 nitrogen and oxygen atoms in total. The molecule has 3 aromatic rings. The first-order valence-electron chi connectivity index (χ1n) is 11.8. The molecule has 34 heavy (non-hydrogen) atoms. The first kappa shape index (κ1) is 23.8. The van der Waals surface area contributed by atoms with E-state index < -0.39 is 0 Å². The number of rotatable bonds is 7. The van der Waals surface area contributed by atoms with Crippen molar-refractivity contribution in [2.24, 2.45) is 0 Å². The number of hydrogen-bond acceptors (Lipinski definition) is 4. The fraction of sp³-hybridized carbons (Fsp3) is 0.345. The Morgan fingerprint density at radius 3 is 2.32 bits per heavy atom. The van der Waals surface area contributed by atoms with Gasteiger partial charge in [-0.2, -0.15) is 0 Å². The Hall–Kier alpha value is -3.31. The smallest absolute Gasteiger partial charge is 0.251 e. The summed E-state index contributed by atoms with van der Waals surface area (Å²) in [4.78, 5) is 15.7. The SMILES string of the molecule is COc1cc2c(cc1OC)C(C(C)NC(=O)c1ccccc1C)N(Cc1ccccc1C)CC2.